The van der Waals surface area contributed by atoms with Gasteiger partial charge in [0.1, 0.15) is 0 Å². The summed E-state index contributed by atoms with van der Waals surface area (Å²) in [6, 6.07) is 0. The number of ether oxygens (including phenoxy) is 1. The van der Waals surface area contributed by atoms with Gasteiger partial charge in [0, 0.05) is 19.8 Å². The largest absolute Gasteiger partial charge is 0.480 e. The van der Waals surface area contributed by atoms with Gasteiger partial charge in [-0.2, -0.15) is 0 Å². The highest BCUT2D eigenvalue weighted by atomic mass is 16.5. The molecule has 88 valence electrons. The van der Waals surface area contributed by atoms with Crippen LogP contribution < -0.4 is 0 Å². The van der Waals surface area contributed by atoms with Crippen molar-refractivity contribution in [3.63, 3.8) is 0 Å². The number of hydrogen-bond donors (Lipinski definition) is 2. The van der Waals surface area contributed by atoms with Crippen LogP contribution in [0.5, 0.6) is 0 Å². The maximum atomic E-state index is 10.4. The van der Waals surface area contributed by atoms with Crippen molar-refractivity contribution >= 4 is 11.9 Å². The first-order valence-electron chi connectivity index (χ1n) is 4.80. The highest BCUT2D eigenvalue weighted by molar-refractivity contribution is 5.72. The van der Waals surface area contributed by atoms with E-state index in [1.54, 1.807) is 0 Å². The Morgan fingerprint density at radius 3 is 2.13 bits per heavy atom. The second-order valence-electron chi connectivity index (χ2n) is 3.05. The predicted octanol–water partition coefficient (Wildman–Crippen LogP) is -0.116. The molecule has 0 aromatic rings. The molecule has 0 unspecified atom stereocenters. The Balaban J connectivity index is 3.79. The zero-order valence-electron chi connectivity index (χ0n) is 8.81. The fourth-order valence-corrected chi connectivity index (χ4v) is 1.13. The summed E-state index contributed by atoms with van der Waals surface area (Å²) in [5.74, 6) is -2.04. The van der Waals surface area contributed by atoms with Crippen LogP contribution in [0.1, 0.15) is 13.3 Å². The van der Waals surface area contributed by atoms with E-state index in [1.807, 2.05) is 6.92 Å². The molecule has 6 heteroatoms. The van der Waals surface area contributed by atoms with E-state index in [9.17, 15) is 9.59 Å². The van der Waals surface area contributed by atoms with Crippen LogP contribution in [0.15, 0.2) is 0 Å². The van der Waals surface area contributed by atoms with Gasteiger partial charge in [-0.25, -0.2) is 0 Å². The van der Waals surface area contributed by atoms with Crippen molar-refractivity contribution in [2.75, 3.05) is 32.8 Å². The quantitative estimate of drug-likeness (QED) is 0.526. The van der Waals surface area contributed by atoms with Gasteiger partial charge in [0.15, 0.2) is 0 Å². The number of carboxylic acids is 2. The van der Waals surface area contributed by atoms with Crippen molar-refractivity contribution in [2.45, 2.75) is 13.3 Å². The van der Waals surface area contributed by atoms with E-state index in [-0.39, 0.29) is 13.1 Å². The molecule has 6 nitrogen and oxygen atoms in total. The third-order valence-corrected chi connectivity index (χ3v) is 1.68. The lowest BCUT2D eigenvalue weighted by Gasteiger charge is -2.17. The molecule has 0 aromatic heterocycles. The molecule has 0 aromatic carbocycles. The van der Waals surface area contributed by atoms with Gasteiger partial charge in [0.05, 0.1) is 13.1 Å². The summed E-state index contributed by atoms with van der Waals surface area (Å²) in [6.45, 7) is 2.91. The molecule has 0 bridgehead atoms. The third-order valence-electron chi connectivity index (χ3n) is 1.68. The Morgan fingerprint density at radius 1 is 1.20 bits per heavy atom. The minimum atomic E-state index is -1.02. The van der Waals surface area contributed by atoms with Gasteiger partial charge in [0.25, 0.3) is 0 Å². The molecule has 0 spiro atoms. The number of carbonyl (C=O) groups is 2. The van der Waals surface area contributed by atoms with E-state index in [2.05, 4.69) is 0 Å². The number of rotatable bonds is 9. The standard InChI is InChI=1S/C9H17NO5/c1-2-15-5-3-4-10(6-8(11)12)7-9(13)14/h2-7H2,1H3,(H,11,12)(H,13,14). The molecule has 0 amide bonds. The minimum absolute atomic E-state index is 0.252. The first-order valence-corrected chi connectivity index (χ1v) is 4.80. The van der Waals surface area contributed by atoms with Crippen LogP contribution in [0.2, 0.25) is 0 Å². The molecule has 0 radical (unpaired) electrons. The van der Waals surface area contributed by atoms with Crippen LogP contribution in [0, 0.1) is 0 Å². The van der Waals surface area contributed by atoms with Crippen LogP contribution in [-0.4, -0.2) is 59.9 Å². The zero-order valence-corrected chi connectivity index (χ0v) is 8.81. The predicted molar refractivity (Wildman–Crippen MR) is 52.8 cm³/mol. The molecule has 0 aliphatic carbocycles. The van der Waals surface area contributed by atoms with Crippen LogP contribution in [0.4, 0.5) is 0 Å². The van der Waals surface area contributed by atoms with Gasteiger partial charge in [-0.05, 0) is 13.3 Å². The van der Waals surface area contributed by atoms with Gasteiger partial charge in [-0.3, -0.25) is 14.5 Å². The SMILES string of the molecule is CCOCCCN(CC(=O)O)CC(=O)O. The fourth-order valence-electron chi connectivity index (χ4n) is 1.13. The highest BCUT2D eigenvalue weighted by Gasteiger charge is 2.12. The smallest absolute Gasteiger partial charge is 0.317 e. The van der Waals surface area contributed by atoms with Crippen LogP contribution in [0.25, 0.3) is 0 Å². The molecule has 0 aliphatic rings. The van der Waals surface area contributed by atoms with Gasteiger partial charge in [-0.15, -0.1) is 0 Å². The minimum Gasteiger partial charge on any atom is -0.480 e. The first-order chi connectivity index (χ1) is 7.06. The average Bonchev–Trinajstić information content (AvgIpc) is 2.10. The van der Waals surface area contributed by atoms with Crippen molar-refractivity contribution in [1.29, 1.82) is 0 Å². The topological polar surface area (TPSA) is 87.1 Å². The number of nitrogens with zero attached hydrogens (tertiary/aromatic N) is 1. The zero-order chi connectivity index (χ0) is 11.7. The van der Waals surface area contributed by atoms with E-state index in [0.29, 0.717) is 26.2 Å². The highest BCUT2D eigenvalue weighted by Crippen LogP contribution is 1.92. The summed E-state index contributed by atoms with van der Waals surface area (Å²) in [7, 11) is 0. The van der Waals surface area contributed by atoms with Crippen molar-refractivity contribution in [2.24, 2.45) is 0 Å². The Labute approximate surface area is 88.4 Å². The van der Waals surface area contributed by atoms with Crippen LogP contribution in [0.3, 0.4) is 0 Å². The summed E-state index contributed by atoms with van der Waals surface area (Å²) in [5.41, 5.74) is 0. The molecule has 0 saturated heterocycles. The van der Waals surface area contributed by atoms with Gasteiger partial charge < -0.3 is 14.9 Å². The van der Waals surface area contributed by atoms with E-state index >= 15 is 0 Å². The molecule has 0 rings (SSSR count). The lowest BCUT2D eigenvalue weighted by atomic mass is 10.3. The van der Waals surface area contributed by atoms with Crippen molar-refractivity contribution in [3.8, 4) is 0 Å². The van der Waals surface area contributed by atoms with Crippen molar-refractivity contribution in [1.82, 2.24) is 4.90 Å². The Kier molecular flexibility index (Phi) is 7.57. The lowest BCUT2D eigenvalue weighted by Crippen LogP contribution is -2.35. The normalized spacial score (nSPS) is 10.5. The number of hydrogen-bond acceptors (Lipinski definition) is 4. The van der Waals surface area contributed by atoms with Gasteiger partial charge >= 0.3 is 11.9 Å². The second-order valence-corrected chi connectivity index (χ2v) is 3.05. The molecular weight excluding hydrogens is 202 g/mol. The third kappa shape index (κ3) is 9.17. The fraction of sp³-hybridized carbons (Fsp3) is 0.778. The molecule has 2 N–H and O–H groups in total. The van der Waals surface area contributed by atoms with Crippen molar-refractivity contribution in [3.05, 3.63) is 0 Å². The van der Waals surface area contributed by atoms with Crippen LogP contribution >= 0.6 is 0 Å². The van der Waals surface area contributed by atoms with Gasteiger partial charge in [-0.1, -0.05) is 0 Å². The summed E-state index contributed by atoms with van der Waals surface area (Å²) in [4.78, 5) is 22.2. The Bertz CT molecular complexity index is 191. The summed E-state index contributed by atoms with van der Waals surface area (Å²) in [5, 5.41) is 17.1. The van der Waals surface area contributed by atoms with Crippen LogP contribution in [-0.2, 0) is 14.3 Å². The van der Waals surface area contributed by atoms with E-state index < -0.39 is 11.9 Å². The monoisotopic (exact) mass is 219 g/mol. The molecule has 0 heterocycles. The van der Waals surface area contributed by atoms with E-state index in [4.69, 9.17) is 14.9 Å². The maximum absolute atomic E-state index is 10.4. The molecule has 0 aliphatic heterocycles. The molecule has 15 heavy (non-hydrogen) atoms. The molecule has 0 saturated carbocycles. The summed E-state index contributed by atoms with van der Waals surface area (Å²) >= 11 is 0. The first kappa shape index (κ1) is 13.9. The Morgan fingerprint density at radius 2 is 1.73 bits per heavy atom. The molecule has 0 atom stereocenters. The van der Waals surface area contributed by atoms with Gasteiger partial charge in [0.2, 0.25) is 0 Å². The average molecular weight is 219 g/mol. The molecular formula is C9H17NO5. The lowest BCUT2D eigenvalue weighted by molar-refractivity contribution is -0.141. The van der Waals surface area contributed by atoms with E-state index in [1.165, 1.54) is 4.90 Å². The van der Waals surface area contributed by atoms with Crippen molar-refractivity contribution < 1.29 is 24.5 Å². The molecule has 0 fully saturated rings. The van der Waals surface area contributed by atoms with E-state index in [0.717, 1.165) is 0 Å². The number of carboxylic acid groups (broad SMARTS) is 2. The maximum Gasteiger partial charge on any atom is 0.317 e. The summed E-state index contributed by atoms with van der Waals surface area (Å²) < 4.78 is 5.07. The summed E-state index contributed by atoms with van der Waals surface area (Å²) in [6.07, 6.45) is 0.633. The Hall–Kier alpha value is -1.14. The number of aliphatic carboxylic acids is 2. The second kappa shape index (κ2) is 8.19.